The van der Waals surface area contributed by atoms with Gasteiger partial charge < -0.3 is 4.74 Å². The lowest BCUT2D eigenvalue weighted by Crippen LogP contribution is -2.21. The number of hydrogen-bond donors (Lipinski definition) is 0. The Kier molecular flexibility index (Phi) is 5.37. The molecule has 0 saturated heterocycles. The molecule has 0 aliphatic carbocycles. The predicted octanol–water partition coefficient (Wildman–Crippen LogP) is 5.34. The number of aromatic nitrogens is 2. The standard InChI is InChI=1S/C22H17ClN2O2S/c1-27-17-9-6-8-16(13-17)25-21(26)18-10-3-5-12-20(18)24-22(25)28-14-15-7-2-4-11-19(15)23/h2-13H,14H2,1H3. The number of para-hydroxylation sites is 1. The first-order chi connectivity index (χ1) is 13.7. The van der Waals surface area contributed by atoms with Crippen molar-refractivity contribution in [1.82, 2.24) is 9.55 Å². The molecule has 1 heterocycles. The van der Waals surface area contributed by atoms with Crippen molar-refractivity contribution < 1.29 is 4.74 Å². The van der Waals surface area contributed by atoms with E-state index >= 15 is 0 Å². The van der Waals surface area contributed by atoms with Gasteiger partial charge in [-0.1, -0.05) is 59.8 Å². The van der Waals surface area contributed by atoms with Crippen molar-refractivity contribution in [3.05, 3.63) is 93.7 Å². The topological polar surface area (TPSA) is 44.1 Å². The molecule has 0 amide bonds. The Morgan fingerprint density at radius 3 is 2.64 bits per heavy atom. The molecule has 0 N–H and O–H groups in total. The summed E-state index contributed by atoms with van der Waals surface area (Å²) in [5.74, 6) is 1.29. The van der Waals surface area contributed by atoms with Crippen molar-refractivity contribution in [2.24, 2.45) is 0 Å². The number of rotatable bonds is 5. The van der Waals surface area contributed by atoms with Gasteiger partial charge in [-0.15, -0.1) is 0 Å². The van der Waals surface area contributed by atoms with Crippen LogP contribution in [0.5, 0.6) is 5.75 Å². The van der Waals surface area contributed by atoms with E-state index in [2.05, 4.69) is 0 Å². The summed E-state index contributed by atoms with van der Waals surface area (Å²) in [4.78, 5) is 18.0. The van der Waals surface area contributed by atoms with Crippen LogP contribution in [0.3, 0.4) is 0 Å². The Labute approximate surface area is 171 Å². The molecule has 0 bridgehead atoms. The Morgan fingerprint density at radius 1 is 1.04 bits per heavy atom. The minimum absolute atomic E-state index is 0.111. The molecular weight excluding hydrogens is 392 g/mol. The number of benzene rings is 3. The molecule has 140 valence electrons. The third-order valence-corrected chi connectivity index (χ3v) is 5.73. The minimum Gasteiger partial charge on any atom is -0.497 e. The summed E-state index contributed by atoms with van der Waals surface area (Å²) in [5, 5.41) is 1.88. The van der Waals surface area contributed by atoms with Crippen molar-refractivity contribution >= 4 is 34.3 Å². The Balaban J connectivity index is 1.86. The van der Waals surface area contributed by atoms with Crippen LogP contribution in [0.15, 0.2) is 82.7 Å². The quantitative estimate of drug-likeness (QED) is 0.330. The van der Waals surface area contributed by atoms with Gasteiger partial charge in [0.1, 0.15) is 5.75 Å². The molecule has 1 aromatic heterocycles. The Hall–Kier alpha value is -2.76. The van der Waals surface area contributed by atoms with Gasteiger partial charge in [0.25, 0.3) is 5.56 Å². The summed E-state index contributed by atoms with van der Waals surface area (Å²) in [5.41, 5.74) is 2.27. The number of thioether (sulfide) groups is 1. The van der Waals surface area contributed by atoms with Gasteiger partial charge in [0.2, 0.25) is 0 Å². The zero-order valence-electron chi connectivity index (χ0n) is 15.1. The van der Waals surface area contributed by atoms with E-state index in [0.717, 1.165) is 5.56 Å². The second-order valence-electron chi connectivity index (χ2n) is 6.13. The molecule has 4 aromatic rings. The van der Waals surface area contributed by atoms with E-state index in [0.29, 0.717) is 38.3 Å². The van der Waals surface area contributed by atoms with Gasteiger partial charge in [0.05, 0.1) is 23.7 Å². The summed E-state index contributed by atoms with van der Waals surface area (Å²) in [7, 11) is 1.60. The SMILES string of the molecule is COc1cccc(-n2c(SCc3ccccc3Cl)nc3ccccc3c2=O)c1. The summed E-state index contributed by atoms with van der Waals surface area (Å²) in [6.07, 6.45) is 0. The van der Waals surface area contributed by atoms with Crippen LogP contribution < -0.4 is 10.3 Å². The number of halogens is 1. The maximum absolute atomic E-state index is 13.3. The summed E-state index contributed by atoms with van der Waals surface area (Å²) in [6.45, 7) is 0. The third kappa shape index (κ3) is 3.63. The fourth-order valence-corrected chi connectivity index (χ4v) is 4.24. The molecule has 0 radical (unpaired) electrons. The fraction of sp³-hybridized carbons (Fsp3) is 0.0909. The van der Waals surface area contributed by atoms with Crippen LogP contribution in [0, 0.1) is 0 Å². The number of nitrogens with zero attached hydrogens (tertiary/aromatic N) is 2. The predicted molar refractivity (Wildman–Crippen MR) is 115 cm³/mol. The zero-order chi connectivity index (χ0) is 19.5. The highest BCUT2D eigenvalue weighted by molar-refractivity contribution is 7.98. The van der Waals surface area contributed by atoms with Crippen LogP contribution in [0.4, 0.5) is 0 Å². The molecule has 0 saturated carbocycles. The molecular formula is C22H17ClN2O2S. The molecule has 3 aromatic carbocycles. The molecule has 0 aliphatic heterocycles. The van der Waals surface area contributed by atoms with E-state index in [-0.39, 0.29) is 5.56 Å². The lowest BCUT2D eigenvalue weighted by Gasteiger charge is -2.14. The minimum atomic E-state index is -0.111. The number of fused-ring (bicyclic) bond motifs is 1. The lowest BCUT2D eigenvalue weighted by molar-refractivity contribution is 0.414. The van der Waals surface area contributed by atoms with E-state index in [1.54, 1.807) is 17.7 Å². The molecule has 0 spiro atoms. The molecule has 6 heteroatoms. The van der Waals surface area contributed by atoms with Crippen LogP contribution in [-0.2, 0) is 5.75 Å². The summed E-state index contributed by atoms with van der Waals surface area (Å²) < 4.78 is 6.96. The molecule has 28 heavy (non-hydrogen) atoms. The van der Waals surface area contributed by atoms with Gasteiger partial charge in [0, 0.05) is 16.8 Å². The highest BCUT2D eigenvalue weighted by Gasteiger charge is 2.14. The Morgan fingerprint density at radius 2 is 1.82 bits per heavy atom. The fourth-order valence-electron chi connectivity index (χ4n) is 2.94. The first kappa shape index (κ1) is 18.6. The molecule has 0 atom stereocenters. The largest absolute Gasteiger partial charge is 0.497 e. The number of hydrogen-bond acceptors (Lipinski definition) is 4. The molecule has 4 nitrogen and oxygen atoms in total. The van der Waals surface area contributed by atoms with Gasteiger partial charge in [-0.25, -0.2) is 4.98 Å². The van der Waals surface area contributed by atoms with Crippen LogP contribution >= 0.6 is 23.4 Å². The third-order valence-electron chi connectivity index (χ3n) is 4.37. The lowest BCUT2D eigenvalue weighted by atomic mass is 10.2. The van der Waals surface area contributed by atoms with Crippen molar-refractivity contribution in [3.8, 4) is 11.4 Å². The van der Waals surface area contributed by atoms with Gasteiger partial charge in [-0.05, 0) is 35.9 Å². The second-order valence-corrected chi connectivity index (χ2v) is 7.48. The zero-order valence-corrected chi connectivity index (χ0v) is 16.7. The summed E-state index contributed by atoms with van der Waals surface area (Å²) >= 11 is 7.77. The van der Waals surface area contributed by atoms with Crippen LogP contribution in [0.1, 0.15) is 5.56 Å². The summed E-state index contributed by atoms with van der Waals surface area (Å²) in [6, 6.07) is 22.5. The number of ether oxygens (including phenoxy) is 1. The van der Waals surface area contributed by atoms with Crippen LogP contribution in [0.25, 0.3) is 16.6 Å². The average Bonchev–Trinajstić information content (AvgIpc) is 2.73. The second kappa shape index (κ2) is 8.09. The van der Waals surface area contributed by atoms with E-state index < -0.39 is 0 Å². The van der Waals surface area contributed by atoms with Crippen LogP contribution in [0.2, 0.25) is 5.02 Å². The van der Waals surface area contributed by atoms with Crippen molar-refractivity contribution in [2.45, 2.75) is 10.9 Å². The first-order valence-electron chi connectivity index (χ1n) is 8.70. The maximum atomic E-state index is 13.3. The number of methoxy groups -OCH3 is 1. The van der Waals surface area contributed by atoms with E-state index in [1.807, 2.05) is 66.7 Å². The van der Waals surface area contributed by atoms with Crippen molar-refractivity contribution in [1.29, 1.82) is 0 Å². The van der Waals surface area contributed by atoms with Gasteiger partial charge in [-0.2, -0.15) is 0 Å². The first-order valence-corrected chi connectivity index (χ1v) is 10.1. The van der Waals surface area contributed by atoms with Crippen molar-refractivity contribution in [3.63, 3.8) is 0 Å². The highest BCUT2D eigenvalue weighted by Crippen LogP contribution is 2.28. The van der Waals surface area contributed by atoms with E-state index in [4.69, 9.17) is 21.3 Å². The molecule has 0 unspecified atom stereocenters. The Bertz CT molecular complexity index is 1210. The molecule has 0 fully saturated rings. The van der Waals surface area contributed by atoms with Gasteiger partial charge in [0.15, 0.2) is 5.16 Å². The normalized spacial score (nSPS) is 10.9. The highest BCUT2D eigenvalue weighted by atomic mass is 35.5. The van der Waals surface area contributed by atoms with E-state index in [9.17, 15) is 4.79 Å². The van der Waals surface area contributed by atoms with Gasteiger partial charge in [-0.3, -0.25) is 9.36 Å². The maximum Gasteiger partial charge on any atom is 0.266 e. The molecule has 0 aliphatic rings. The average molecular weight is 409 g/mol. The molecule has 4 rings (SSSR count). The van der Waals surface area contributed by atoms with Gasteiger partial charge >= 0.3 is 0 Å². The van der Waals surface area contributed by atoms with Crippen molar-refractivity contribution in [2.75, 3.05) is 7.11 Å². The monoisotopic (exact) mass is 408 g/mol. The van der Waals surface area contributed by atoms with Crippen LogP contribution in [-0.4, -0.2) is 16.7 Å². The smallest absolute Gasteiger partial charge is 0.266 e. The van der Waals surface area contributed by atoms with E-state index in [1.165, 1.54) is 11.8 Å².